The van der Waals surface area contributed by atoms with E-state index in [1.54, 1.807) is 0 Å². The van der Waals surface area contributed by atoms with Crippen molar-refractivity contribution in [2.75, 3.05) is 0 Å². The fourth-order valence-corrected chi connectivity index (χ4v) is 4.40. The van der Waals surface area contributed by atoms with Gasteiger partial charge in [-0.3, -0.25) is 0 Å². The molecule has 0 bridgehead atoms. The SMILES string of the molecule is Brc1cccc(/C=C2\c3ccccc3CCc3sccc32)c1. The number of fused-ring (bicyclic) bond motifs is 2. The first-order chi connectivity index (χ1) is 10.8. The van der Waals surface area contributed by atoms with Crippen molar-refractivity contribution in [3.8, 4) is 0 Å². The lowest BCUT2D eigenvalue weighted by atomic mass is 9.94. The molecule has 0 spiro atoms. The number of benzene rings is 2. The maximum absolute atomic E-state index is 3.57. The van der Waals surface area contributed by atoms with Gasteiger partial charge in [0.15, 0.2) is 0 Å². The number of thiophene rings is 1. The van der Waals surface area contributed by atoms with Gasteiger partial charge in [-0.15, -0.1) is 11.3 Å². The minimum atomic E-state index is 1.12. The average Bonchev–Trinajstić information content (AvgIpc) is 2.94. The summed E-state index contributed by atoms with van der Waals surface area (Å²) in [6.07, 6.45) is 4.58. The van der Waals surface area contributed by atoms with Gasteiger partial charge in [0.2, 0.25) is 0 Å². The smallest absolute Gasteiger partial charge is 0.0181 e. The van der Waals surface area contributed by atoms with Crippen molar-refractivity contribution in [2.45, 2.75) is 12.8 Å². The molecule has 0 N–H and O–H groups in total. The van der Waals surface area contributed by atoms with Crippen molar-refractivity contribution in [2.24, 2.45) is 0 Å². The quantitative estimate of drug-likeness (QED) is 0.480. The van der Waals surface area contributed by atoms with Crippen molar-refractivity contribution >= 4 is 38.9 Å². The lowest BCUT2D eigenvalue weighted by Gasteiger charge is -2.10. The Morgan fingerprint density at radius 3 is 2.73 bits per heavy atom. The molecule has 4 rings (SSSR count). The first-order valence-electron chi connectivity index (χ1n) is 7.43. The van der Waals surface area contributed by atoms with Gasteiger partial charge < -0.3 is 0 Å². The highest BCUT2D eigenvalue weighted by Gasteiger charge is 2.18. The predicted molar refractivity (Wildman–Crippen MR) is 99.3 cm³/mol. The second-order valence-electron chi connectivity index (χ2n) is 5.53. The molecule has 108 valence electrons. The lowest BCUT2D eigenvalue weighted by molar-refractivity contribution is 0.985. The van der Waals surface area contributed by atoms with Gasteiger partial charge in [-0.25, -0.2) is 0 Å². The molecule has 1 aliphatic rings. The zero-order valence-electron chi connectivity index (χ0n) is 12.1. The Labute approximate surface area is 143 Å². The second kappa shape index (κ2) is 5.86. The van der Waals surface area contributed by atoms with Crippen molar-refractivity contribution in [3.05, 3.63) is 91.6 Å². The molecule has 2 aromatic carbocycles. The number of aryl methyl sites for hydroxylation is 2. The Bertz CT molecular complexity index is 857. The van der Waals surface area contributed by atoms with Crippen LogP contribution in [0.1, 0.15) is 27.1 Å². The molecule has 1 aromatic heterocycles. The van der Waals surface area contributed by atoms with Gasteiger partial charge in [-0.2, -0.15) is 0 Å². The van der Waals surface area contributed by atoms with E-state index >= 15 is 0 Å². The van der Waals surface area contributed by atoms with Crippen LogP contribution in [0.5, 0.6) is 0 Å². The molecule has 1 heterocycles. The molecule has 0 radical (unpaired) electrons. The summed E-state index contributed by atoms with van der Waals surface area (Å²) >= 11 is 5.45. The van der Waals surface area contributed by atoms with Crippen LogP contribution in [-0.2, 0) is 12.8 Å². The summed E-state index contributed by atoms with van der Waals surface area (Å²) < 4.78 is 1.12. The molecular weight excluding hydrogens is 352 g/mol. The molecule has 0 amide bonds. The van der Waals surface area contributed by atoms with E-state index in [0.717, 1.165) is 17.3 Å². The zero-order chi connectivity index (χ0) is 14.9. The maximum atomic E-state index is 3.57. The van der Waals surface area contributed by atoms with Crippen LogP contribution in [0.4, 0.5) is 0 Å². The number of rotatable bonds is 1. The minimum absolute atomic E-state index is 1.12. The maximum Gasteiger partial charge on any atom is 0.0181 e. The molecule has 22 heavy (non-hydrogen) atoms. The van der Waals surface area contributed by atoms with E-state index in [1.165, 1.54) is 32.7 Å². The third kappa shape index (κ3) is 2.57. The predicted octanol–water partition coefficient (Wildman–Crippen LogP) is 6.20. The summed E-state index contributed by atoms with van der Waals surface area (Å²) in [4.78, 5) is 1.50. The van der Waals surface area contributed by atoms with Crippen LogP contribution in [0.15, 0.2) is 64.5 Å². The van der Waals surface area contributed by atoms with E-state index in [1.807, 2.05) is 11.3 Å². The van der Waals surface area contributed by atoms with Crippen LogP contribution in [0, 0.1) is 0 Å². The van der Waals surface area contributed by atoms with Gasteiger partial charge in [-0.05, 0) is 70.3 Å². The highest BCUT2D eigenvalue weighted by molar-refractivity contribution is 9.10. The topological polar surface area (TPSA) is 0 Å². The molecule has 0 saturated heterocycles. The first kappa shape index (κ1) is 14.0. The zero-order valence-corrected chi connectivity index (χ0v) is 14.5. The Morgan fingerprint density at radius 2 is 1.82 bits per heavy atom. The van der Waals surface area contributed by atoms with E-state index in [9.17, 15) is 0 Å². The van der Waals surface area contributed by atoms with E-state index in [2.05, 4.69) is 82.0 Å². The normalized spacial score (nSPS) is 15.2. The molecular formula is C20H15BrS. The Morgan fingerprint density at radius 1 is 0.909 bits per heavy atom. The van der Waals surface area contributed by atoms with Crippen LogP contribution in [0.25, 0.3) is 11.6 Å². The minimum Gasteiger partial charge on any atom is -0.148 e. The van der Waals surface area contributed by atoms with Crippen LogP contribution < -0.4 is 0 Å². The Kier molecular flexibility index (Phi) is 3.73. The van der Waals surface area contributed by atoms with Crippen molar-refractivity contribution < 1.29 is 0 Å². The summed E-state index contributed by atoms with van der Waals surface area (Å²) in [5, 5.41) is 2.22. The van der Waals surface area contributed by atoms with Crippen LogP contribution in [0.3, 0.4) is 0 Å². The van der Waals surface area contributed by atoms with Gasteiger partial charge in [0.25, 0.3) is 0 Å². The first-order valence-corrected chi connectivity index (χ1v) is 9.11. The molecule has 0 nitrogen and oxygen atoms in total. The summed E-state index contributed by atoms with van der Waals surface area (Å²) in [5.74, 6) is 0. The lowest BCUT2D eigenvalue weighted by Crippen LogP contribution is -1.91. The standard InChI is InChI=1S/C20H15BrS/c21-16-6-3-4-14(12-16)13-19-17-7-2-1-5-15(17)8-9-20-18(19)10-11-22-20/h1-7,10-13H,8-9H2/b19-13+. The van der Waals surface area contributed by atoms with Gasteiger partial charge in [0.05, 0.1) is 0 Å². The molecule has 0 atom stereocenters. The van der Waals surface area contributed by atoms with E-state index in [4.69, 9.17) is 0 Å². The number of halogens is 1. The van der Waals surface area contributed by atoms with Gasteiger partial charge >= 0.3 is 0 Å². The van der Waals surface area contributed by atoms with Crippen LogP contribution >= 0.6 is 27.3 Å². The highest BCUT2D eigenvalue weighted by atomic mass is 79.9. The third-order valence-corrected chi connectivity index (χ3v) is 5.60. The molecule has 0 aliphatic heterocycles. The monoisotopic (exact) mass is 366 g/mol. The fourth-order valence-electron chi connectivity index (χ4n) is 3.09. The van der Waals surface area contributed by atoms with Gasteiger partial charge in [0.1, 0.15) is 0 Å². The van der Waals surface area contributed by atoms with Crippen LogP contribution in [0.2, 0.25) is 0 Å². The van der Waals surface area contributed by atoms with E-state index in [0.29, 0.717) is 0 Å². The molecule has 2 heteroatoms. The van der Waals surface area contributed by atoms with Gasteiger partial charge in [0, 0.05) is 9.35 Å². The van der Waals surface area contributed by atoms with Crippen molar-refractivity contribution in [1.29, 1.82) is 0 Å². The van der Waals surface area contributed by atoms with Gasteiger partial charge in [-0.1, -0.05) is 52.3 Å². The fraction of sp³-hybridized carbons (Fsp3) is 0.100. The largest absolute Gasteiger partial charge is 0.148 e. The average molecular weight is 367 g/mol. The summed E-state index contributed by atoms with van der Waals surface area (Å²) in [6, 6.07) is 19.6. The van der Waals surface area contributed by atoms with E-state index in [-0.39, 0.29) is 0 Å². The molecule has 1 aliphatic carbocycles. The second-order valence-corrected chi connectivity index (χ2v) is 7.44. The molecule has 0 saturated carbocycles. The van der Waals surface area contributed by atoms with Crippen LogP contribution in [-0.4, -0.2) is 0 Å². The third-order valence-electron chi connectivity index (χ3n) is 4.12. The number of hydrogen-bond donors (Lipinski definition) is 0. The Hall–Kier alpha value is -1.64. The molecule has 0 unspecified atom stereocenters. The molecule has 3 aromatic rings. The molecule has 0 fully saturated rings. The van der Waals surface area contributed by atoms with Crippen molar-refractivity contribution in [3.63, 3.8) is 0 Å². The summed E-state index contributed by atoms with van der Waals surface area (Å²) in [7, 11) is 0. The van der Waals surface area contributed by atoms with Crippen molar-refractivity contribution in [1.82, 2.24) is 0 Å². The Balaban J connectivity index is 1.95. The number of hydrogen-bond acceptors (Lipinski definition) is 1. The van der Waals surface area contributed by atoms with E-state index < -0.39 is 0 Å². The summed E-state index contributed by atoms with van der Waals surface area (Å²) in [5.41, 5.74) is 6.81. The summed E-state index contributed by atoms with van der Waals surface area (Å²) in [6.45, 7) is 0. The highest BCUT2D eigenvalue weighted by Crippen LogP contribution is 2.37.